The van der Waals surface area contributed by atoms with Gasteiger partial charge in [-0.1, -0.05) is 0 Å². The molecule has 65 valence electrons. The normalized spacial score (nSPS) is 11.2. The van der Waals surface area contributed by atoms with E-state index in [1.807, 2.05) is 0 Å². The van der Waals surface area contributed by atoms with Crippen LogP contribution in [0.4, 0.5) is 4.39 Å². The van der Waals surface area contributed by atoms with E-state index in [-0.39, 0.29) is 5.75 Å². The molecule has 0 atom stereocenters. The van der Waals surface area contributed by atoms with Gasteiger partial charge in [0.05, 0.1) is 6.26 Å². The Hall–Kier alpha value is -1.10. The molecule has 0 bridgehead atoms. The molecule has 0 unspecified atom stereocenters. The highest BCUT2D eigenvalue weighted by Gasteiger charge is 2.04. The molecule has 0 heterocycles. The first-order valence-corrected chi connectivity index (χ1v) is 4.86. The Bertz CT molecular complexity index is 372. The quantitative estimate of drug-likeness (QED) is 0.651. The van der Waals surface area contributed by atoms with Crippen LogP contribution in [0, 0.1) is 11.9 Å². The molecule has 1 aromatic carbocycles. The molecule has 0 spiro atoms. The number of rotatable bonds is 2. The predicted octanol–water partition coefficient (Wildman–Crippen LogP) is 0.964. The average molecular weight is 189 g/mol. The maximum absolute atomic E-state index is 12.4. The third kappa shape index (κ3) is 2.87. The molecule has 0 saturated heterocycles. The maximum Gasteiger partial charge on any atom is 0.306 e. The van der Waals surface area contributed by atoms with E-state index in [4.69, 9.17) is 0 Å². The average Bonchev–Trinajstić information content (AvgIpc) is 1.82. The van der Waals surface area contributed by atoms with E-state index in [1.165, 1.54) is 6.07 Å². The Labute approximate surface area is 69.9 Å². The van der Waals surface area contributed by atoms with Gasteiger partial charge in [0, 0.05) is 12.1 Å². The monoisotopic (exact) mass is 189 g/mol. The maximum atomic E-state index is 12.4. The number of hydrogen-bond donors (Lipinski definition) is 0. The summed E-state index contributed by atoms with van der Waals surface area (Å²) < 4.78 is 37.9. The lowest BCUT2D eigenvalue weighted by Gasteiger charge is -2.00. The van der Waals surface area contributed by atoms with E-state index < -0.39 is 15.9 Å². The van der Waals surface area contributed by atoms with Crippen molar-refractivity contribution in [3.05, 3.63) is 30.1 Å². The summed E-state index contributed by atoms with van der Waals surface area (Å²) in [6.07, 6.45) is 0.881. The molecule has 3 nitrogen and oxygen atoms in total. The molecule has 0 amide bonds. The van der Waals surface area contributed by atoms with Gasteiger partial charge in [0.15, 0.2) is 5.75 Å². The van der Waals surface area contributed by atoms with Gasteiger partial charge < -0.3 is 4.18 Å². The molecule has 0 aliphatic carbocycles. The number of benzene rings is 1. The lowest BCUT2D eigenvalue weighted by atomic mass is 10.3. The molecule has 0 saturated carbocycles. The minimum Gasteiger partial charge on any atom is -0.382 e. The van der Waals surface area contributed by atoms with E-state index >= 15 is 0 Å². The largest absolute Gasteiger partial charge is 0.382 e. The van der Waals surface area contributed by atoms with Crippen molar-refractivity contribution in [3.63, 3.8) is 0 Å². The Balaban J connectivity index is 2.91. The molecule has 5 heteroatoms. The topological polar surface area (TPSA) is 43.4 Å². The second kappa shape index (κ2) is 3.10. The summed E-state index contributed by atoms with van der Waals surface area (Å²) in [6, 6.07) is 5.76. The fraction of sp³-hybridized carbons (Fsp3) is 0.143. The van der Waals surface area contributed by atoms with Crippen molar-refractivity contribution in [3.8, 4) is 5.75 Å². The molecule has 12 heavy (non-hydrogen) atoms. The first kappa shape index (κ1) is 8.99. The van der Waals surface area contributed by atoms with Crippen molar-refractivity contribution < 1.29 is 17.0 Å². The van der Waals surface area contributed by atoms with Gasteiger partial charge in [-0.25, -0.2) is 4.39 Å². The Morgan fingerprint density at radius 1 is 1.58 bits per heavy atom. The van der Waals surface area contributed by atoms with E-state index in [0.29, 0.717) is 0 Å². The molecule has 0 aliphatic heterocycles. The van der Waals surface area contributed by atoms with E-state index in [1.54, 1.807) is 0 Å². The van der Waals surface area contributed by atoms with Crippen molar-refractivity contribution in [2.75, 3.05) is 6.26 Å². The predicted molar refractivity (Wildman–Crippen MR) is 40.7 cm³/mol. The van der Waals surface area contributed by atoms with Crippen molar-refractivity contribution in [2.24, 2.45) is 0 Å². The summed E-state index contributed by atoms with van der Waals surface area (Å²) in [5, 5.41) is 0. The van der Waals surface area contributed by atoms with Crippen molar-refractivity contribution in [2.45, 2.75) is 0 Å². The van der Waals surface area contributed by atoms with Gasteiger partial charge in [-0.15, -0.1) is 0 Å². The van der Waals surface area contributed by atoms with Crippen LogP contribution in [0.3, 0.4) is 0 Å². The zero-order valence-electron chi connectivity index (χ0n) is 6.24. The van der Waals surface area contributed by atoms with Crippen molar-refractivity contribution in [1.82, 2.24) is 0 Å². The molecule has 1 aromatic rings. The van der Waals surface area contributed by atoms with Gasteiger partial charge in [-0.3, -0.25) is 0 Å². The van der Waals surface area contributed by atoms with Gasteiger partial charge in [-0.05, 0) is 12.1 Å². The smallest absolute Gasteiger partial charge is 0.306 e. The van der Waals surface area contributed by atoms with Crippen LogP contribution in [0.15, 0.2) is 18.2 Å². The zero-order chi connectivity index (χ0) is 9.19. The molecule has 0 N–H and O–H groups in total. The second-order valence-corrected chi connectivity index (χ2v) is 3.73. The van der Waals surface area contributed by atoms with Gasteiger partial charge in [0.25, 0.3) is 0 Å². The zero-order valence-corrected chi connectivity index (χ0v) is 7.06. The minimum atomic E-state index is -3.59. The molecular weight excluding hydrogens is 183 g/mol. The third-order valence-corrected chi connectivity index (χ3v) is 1.46. The standard InChI is InChI=1S/C7H6FO3S/c1-12(9,10)11-7-4-2-3-6(8)5-7/h2-3,5H,1H3. The van der Waals surface area contributed by atoms with Crippen LogP contribution < -0.4 is 4.18 Å². The van der Waals surface area contributed by atoms with E-state index in [0.717, 1.165) is 18.4 Å². The summed E-state index contributed by atoms with van der Waals surface area (Å²) in [5.74, 6) is -0.704. The van der Waals surface area contributed by atoms with Crippen molar-refractivity contribution in [1.29, 1.82) is 0 Å². The molecule has 1 radical (unpaired) electrons. The Kier molecular flexibility index (Phi) is 2.32. The van der Waals surface area contributed by atoms with Gasteiger partial charge in [0.1, 0.15) is 5.82 Å². The third-order valence-electron chi connectivity index (χ3n) is 0.978. The Morgan fingerprint density at radius 2 is 2.25 bits per heavy atom. The molecule has 0 aliphatic rings. The lowest BCUT2D eigenvalue weighted by molar-refractivity contribution is 0.489. The SMILES string of the molecule is CS(=O)(=O)Oc1[c]ccc(F)c1. The summed E-state index contributed by atoms with van der Waals surface area (Å²) in [7, 11) is -3.59. The van der Waals surface area contributed by atoms with Crippen LogP contribution in [0.1, 0.15) is 0 Å². The van der Waals surface area contributed by atoms with Gasteiger partial charge in [-0.2, -0.15) is 8.42 Å². The van der Waals surface area contributed by atoms with Crippen LogP contribution in [0.5, 0.6) is 5.75 Å². The minimum absolute atomic E-state index is 0.141. The first-order valence-electron chi connectivity index (χ1n) is 3.04. The number of hydrogen-bond acceptors (Lipinski definition) is 3. The first-order chi connectivity index (χ1) is 5.47. The van der Waals surface area contributed by atoms with Crippen LogP contribution in [0.25, 0.3) is 0 Å². The van der Waals surface area contributed by atoms with Gasteiger partial charge in [0.2, 0.25) is 0 Å². The Morgan fingerprint density at radius 3 is 2.75 bits per heavy atom. The molecule has 0 fully saturated rings. The van der Waals surface area contributed by atoms with Gasteiger partial charge >= 0.3 is 10.1 Å². The summed E-state index contributed by atoms with van der Waals surface area (Å²) in [5.41, 5.74) is 0. The molecule has 0 aromatic heterocycles. The van der Waals surface area contributed by atoms with Crippen LogP contribution in [-0.2, 0) is 10.1 Å². The fourth-order valence-corrected chi connectivity index (χ4v) is 1.05. The lowest BCUT2D eigenvalue weighted by Crippen LogP contribution is -2.05. The van der Waals surface area contributed by atoms with E-state index in [2.05, 4.69) is 10.2 Å². The fourth-order valence-electron chi connectivity index (χ4n) is 0.630. The van der Waals surface area contributed by atoms with Crippen LogP contribution in [-0.4, -0.2) is 14.7 Å². The second-order valence-electron chi connectivity index (χ2n) is 2.16. The van der Waals surface area contributed by atoms with E-state index in [9.17, 15) is 12.8 Å². The molecular formula is C7H6FO3S. The van der Waals surface area contributed by atoms with Crippen LogP contribution >= 0.6 is 0 Å². The summed E-state index contributed by atoms with van der Waals surface area (Å²) >= 11 is 0. The highest BCUT2D eigenvalue weighted by Crippen LogP contribution is 2.12. The van der Waals surface area contributed by atoms with Crippen molar-refractivity contribution >= 4 is 10.1 Å². The molecule has 1 rings (SSSR count). The summed E-state index contributed by atoms with van der Waals surface area (Å²) in [6.45, 7) is 0. The number of halogens is 1. The highest BCUT2D eigenvalue weighted by atomic mass is 32.2. The summed E-state index contributed by atoms with van der Waals surface area (Å²) in [4.78, 5) is 0. The van der Waals surface area contributed by atoms with Crippen LogP contribution in [0.2, 0.25) is 0 Å². The highest BCUT2D eigenvalue weighted by molar-refractivity contribution is 7.86.